The molecule has 0 bridgehead atoms. The Hall–Kier alpha value is -0.560. The van der Waals surface area contributed by atoms with E-state index < -0.39 is 5.41 Å². The number of carbonyl (C=O) groups is 1. The number of nitrogens with zero attached hydrogens (tertiary/aromatic N) is 1. The van der Waals surface area contributed by atoms with Crippen molar-refractivity contribution in [2.45, 2.75) is 31.9 Å². The van der Waals surface area contributed by atoms with E-state index in [9.17, 15) is 4.79 Å². The van der Waals surface area contributed by atoms with Gasteiger partial charge in [-0.3, -0.25) is 4.79 Å². The molecule has 1 aliphatic heterocycles. The van der Waals surface area contributed by atoms with E-state index in [2.05, 4.69) is 10.5 Å². The summed E-state index contributed by atoms with van der Waals surface area (Å²) < 4.78 is 0. The largest absolute Gasteiger partial charge is 0.409 e. The van der Waals surface area contributed by atoms with Gasteiger partial charge in [0.05, 0.1) is 0 Å². The van der Waals surface area contributed by atoms with Crippen molar-refractivity contribution in [3.63, 3.8) is 0 Å². The standard InChI is InChI=1S/C12H23N3O2S2/c1-3-12(4-2,10(13)15-17)11(16)14-7-9-8-18-5-6-19-9/h9,17H,3-8H2,1-2H3,(H2,13,15)(H,14,16). The zero-order valence-corrected chi connectivity index (χ0v) is 13.1. The highest BCUT2D eigenvalue weighted by atomic mass is 32.2. The van der Waals surface area contributed by atoms with Crippen LogP contribution in [0.25, 0.3) is 0 Å². The molecule has 4 N–H and O–H groups in total. The van der Waals surface area contributed by atoms with Crippen molar-refractivity contribution in [2.24, 2.45) is 16.3 Å². The predicted octanol–water partition coefficient (Wildman–Crippen LogP) is 1.50. The molecule has 1 rings (SSSR count). The van der Waals surface area contributed by atoms with Crippen LogP contribution in [0.2, 0.25) is 0 Å². The molecule has 0 spiro atoms. The van der Waals surface area contributed by atoms with Gasteiger partial charge in [-0.1, -0.05) is 19.0 Å². The Morgan fingerprint density at radius 1 is 1.47 bits per heavy atom. The van der Waals surface area contributed by atoms with Crippen LogP contribution in [0, 0.1) is 5.41 Å². The minimum Gasteiger partial charge on any atom is -0.409 e. The van der Waals surface area contributed by atoms with Crippen LogP contribution in [0.5, 0.6) is 0 Å². The van der Waals surface area contributed by atoms with Crippen molar-refractivity contribution in [2.75, 3.05) is 23.8 Å². The van der Waals surface area contributed by atoms with E-state index in [1.54, 1.807) is 0 Å². The highest BCUT2D eigenvalue weighted by Crippen LogP contribution is 2.28. The Labute approximate surface area is 123 Å². The lowest BCUT2D eigenvalue weighted by Gasteiger charge is -2.30. The van der Waals surface area contributed by atoms with Crippen molar-refractivity contribution in [1.29, 1.82) is 0 Å². The van der Waals surface area contributed by atoms with Crippen molar-refractivity contribution >= 4 is 35.3 Å². The second-order valence-corrected chi connectivity index (χ2v) is 7.11. The summed E-state index contributed by atoms with van der Waals surface area (Å²) in [6, 6.07) is 0. The minimum absolute atomic E-state index is 0.000622. The normalized spacial score (nSPS) is 21.2. The summed E-state index contributed by atoms with van der Waals surface area (Å²) in [5, 5.41) is 15.3. The van der Waals surface area contributed by atoms with E-state index in [-0.39, 0.29) is 11.7 Å². The molecular formula is C12H23N3O2S2. The second kappa shape index (κ2) is 7.89. The molecule has 1 atom stereocenters. The van der Waals surface area contributed by atoms with Crippen LogP contribution in [-0.4, -0.2) is 46.0 Å². The van der Waals surface area contributed by atoms with E-state index in [0.717, 1.165) is 11.5 Å². The average Bonchev–Trinajstić information content (AvgIpc) is 2.47. The number of hydrogen-bond donors (Lipinski definition) is 3. The van der Waals surface area contributed by atoms with Crippen LogP contribution >= 0.6 is 23.5 Å². The van der Waals surface area contributed by atoms with Gasteiger partial charge in [-0.2, -0.15) is 23.5 Å². The molecule has 1 saturated heterocycles. The van der Waals surface area contributed by atoms with Gasteiger partial charge in [-0.25, -0.2) is 0 Å². The quantitative estimate of drug-likeness (QED) is 0.300. The molecule has 5 nitrogen and oxygen atoms in total. The molecule has 19 heavy (non-hydrogen) atoms. The second-order valence-electron chi connectivity index (χ2n) is 4.55. The zero-order valence-electron chi connectivity index (χ0n) is 11.5. The first-order valence-corrected chi connectivity index (χ1v) is 8.76. The number of thioether (sulfide) groups is 2. The van der Waals surface area contributed by atoms with Crippen LogP contribution in [0.3, 0.4) is 0 Å². The van der Waals surface area contributed by atoms with Gasteiger partial charge in [0.1, 0.15) is 5.41 Å². The SMILES string of the molecule is CCC(CC)(C(=O)NCC1CSCCS1)C(N)=NO. The van der Waals surface area contributed by atoms with Crippen LogP contribution in [0.4, 0.5) is 0 Å². The number of hydrogen-bond acceptors (Lipinski definition) is 5. The van der Waals surface area contributed by atoms with Gasteiger partial charge >= 0.3 is 0 Å². The molecule has 0 aliphatic carbocycles. The van der Waals surface area contributed by atoms with E-state index >= 15 is 0 Å². The maximum absolute atomic E-state index is 12.4. The molecule has 0 aromatic rings. The molecule has 1 aliphatic rings. The number of oxime groups is 1. The number of amides is 1. The van der Waals surface area contributed by atoms with Crippen molar-refractivity contribution in [1.82, 2.24) is 5.32 Å². The van der Waals surface area contributed by atoms with E-state index in [1.165, 1.54) is 5.75 Å². The fraction of sp³-hybridized carbons (Fsp3) is 0.833. The van der Waals surface area contributed by atoms with E-state index in [1.807, 2.05) is 37.4 Å². The van der Waals surface area contributed by atoms with E-state index in [4.69, 9.17) is 10.9 Å². The Morgan fingerprint density at radius 3 is 2.63 bits per heavy atom. The van der Waals surface area contributed by atoms with Crippen LogP contribution in [0.15, 0.2) is 5.16 Å². The van der Waals surface area contributed by atoms with Gasteiger partial charge in [0.2, 0.25) is 5.91 Å². The third-order valence-electron chi connectivity index (χ3n) is 3.62. The molecular weight excluding hydrogens is 282 g/mol. The third kappa shape index (κ3) is 3.95. The molecule has 1 unspecified atom stereocenters. The van der Waals surface area contributed by atoms with Gasteiger partial charge < -0.3 is 16.3 Å². The monoisotopic (exact) mass is 305 g/mol. The minimum atomic E-state index is -0.888. The average molecular weight is 305 g/mol. The first kappa shape index (κ1) is 16.5. The lowest BCUT2D eigenvalue weighted by Crippen LogP contribution is -2.50. The van der Waals surface area contributed by atoms with Crippen molar-refractivity contribution in [3.8, 4) is 0 Å². The summed E-state index contributed by atoms with van der Waals surface area (Å²) >= 11 is 3.82. The molecule has 110 valence electrons. The molecule has 1 amide bonds. The summed E-state index contributed by atoms with van der Waals surface area (Å²) in [6.45, 7) is 4.41. The summed E-state index contributed by atoms with van der Waals surface area (Å²) in [6.07, 6.45) is 1.05. The number of amidine groups is 1. The van der Waals surface area contributed by atoms with E-state index in [0.29, 0.717) is 24.6 Å². The fourth-order valence-electron chi connectivity index (χ4n) is 2.18. The first-order valence-electron chi connectivity index (χ1n) is 6.56. The molecule has 0 saturated carbocycles. The summed E-state index contributed by atoms with van der Waals surface area (Å²) in [4.78, 5) is 12.4. The third-order valence-corrected chi connectivity index (χ3v) is 6.46. The van der Waals surface area contributed by atoms with Crippen molar-refractivity contribution in [3.05, 3.63) is 0 Å². The summed E-state index contributed by atoms with van der Waals surface area (Å²) in [7, 11) is 0. The fourth-order valence-corrected chi connectivity index (χ4v) is 4.79. The first-order chi connectivity index (χ1) is 9.10. The maximum atomic E-state index is 12.4. The van der Waals surface area contributed by atoms with Gasteiger partial charge in [0, 0.05) is 29.1 Å². The number of nitrogens with two attached hydrogens (primary N) is 1. The molecule has 0 radical (unpaired) electrons. The Balaban J connectivity index is 2.62. The molecule has 0 aromatic heterocycles. The molecule has 0 aromatic carbocycles. The molecule has 7 heteroatoms. The Morgan fingerprint density at radius 2 is 2.16 bits per heavy atom. The number of nitrogens with one attached hydrogen (secondary N) is 1. The predicted molar refractivity (Wildman–Crippen MR) is 83.0 cm³/mol. The number of carbonyl (C=O) groups excluding carboxylic acids is 1. The Bertz CT molecular complexity index is 327. The topological polar surface area (TPSA) is 87.7 Å². The van der Waals surface area contributed by atoms with Gasteiger partial charge in [0.25, 0.3) is 0 Å². The highest BCUT2D eigenvalue weighted by Gasteiger charge is 2.39. The van der Waals surface area contributed by atoms with Crippen LogP contribution in [-0.2, 0) is 4.79 Å². The summed E-state index contributed by atoms with van der Waals surface area (Å²) in [5.41, 5.74) is 4.83. The van der Waals surface area contributed by atoms with Gasteiger partial charge in [0.15, 0.2) is 5.84 Å². The Kier molecular flexibility index (Phi) is 6.85. The highest BCUT2D eigenvalue weighted by molar-refractivity contribution is 8.06. The maximum Gasteiger partial charge on any atom is 0.233 e. The zero-order chi connectivity index (χ0) is 14.3. The van der Waals surface area contributed by atoms with Gasteiger partial charge in [-0.15, -0.1) is 0 Å². The lowest BCUT2D eigenvalue weighted by molar-refractivity contribution is -0.127. The van der Waals surface area contributed by atoms with Crippen LogP contribution < -0.4 is 11.1 Å². The van der Waals surface area contributed by atoms with Gasteiger partial charge in [-0.05, 0) is 12.8 Å². The number of rotatable bonds is 6. The van der Waals surface area contributed by atoms with Crippen molar-refractivity contribution < 1.29 is 10.0 Å². The molecule has 1 heterocycles. The summed E-state index contributed by atoms with van der Waals surface area (Å²) in [5.74, 6) is 3.26. The smallest absolute Gasteiger partial charge is 0.233 e. The molecule has 1 fully saturated rings. The lowest BCUT2D eigenvalue weighted by atomic mass is 9.80. The van der Waals surface area contributed by atoms with Crippen LogP contribution in [0.1, 0.15) is 26.7 Å².